The molecule has 2 nitrogen and oxygen atoms in total. The topological polar surface area (TPSA) is 32.3 Å². The largest absolute Gasteiger partial charge is 0.506 e. The average Bonchev–Trinajstić information content (AvgIpc) is 2.41. The van der Waals surface area contributed by atoms with E-state index in [1.807, 2.05) is 24.3 Å². The average molecular weight is 375 g/mol. The molecule has 0 saturated carbocycles. The van der Waals surface area contributed by atoms with Crippen LogP contribution in [0.5, 0.6) is 5.75 Å². The van der Waals surface area contributed by atoms with E-state index >= 15 is 0 Å². The Labute approximate surface area is 136 Å². The first-order chi connectivity index (χ1) is 9.49. The Bertz CT molecular complexity index is 619. The summed E-state index contributed by atoms with van der Waals surface area (Å²) in [5, 5.41) is 14.0. The SMILES string of the molecule is C[C@H](NCc1cc(Cl)cc(Cl)c1O)c1ccccc1Br. The van der Waals surface area contributed by atoms with Crippen LogP contribution in [0.2, 0.25) is 10.0 Å². The molecule has 0 amide bonds. The molecule has 2 aromatic carbocycles. The number of benzene rings is 2. The quantitative estimate of drug-likeness (QED) is 0.759. The molecule has 0 fully saturated rings. The molecule has 0 heterocycles. The Morgan fingerprint density at radius 2 is 1.95 bits per heavy atom. The summed E-state index contributed by atoms with van der Waals surface area (Å²) in [6.45, 7) is 2.54. The highest BCUT2D eigenvalue weighted by Gasteiger charge is 2.11. The smallest absolute Gasteiger partial charge is 0.138 e. The lowest BCUT2D eigenvalue weighted by Gasteiger charge is -2.16. The third kappa shape index (κ3) is 3.67. The van der Waals surface area contributed by atoms with Gasteiger partial charge in [-0.1, -0.05) is 57.3 Å². The molecule has 0 aliphatic carbocycles. The molecule has 106 valence electrons. The first-order valence-electron chi connectivity index (χ1n) is 6.13. The summed E-state index contributed by atoms with van der Waals surface area (Å²) < 4.78 is 1.05. The van der Waals surface area contributed by atoms with Crippen molar-refractivity contribution < 1.29 is 5.11 Å². The van der Waals surface area contributed by atoms with Crippen molar-refractivity contribution in [1.82, 2.24) is 5.32 Å². The lowest BCUT2D eigenvalue weighted by molar-refractivity contribution is 0.460. The normalized spacial score (nSPS) is 12.4. The van der Waals surface area contributed by atoms with E-state index < -0.39 is 0 Å². The van der Waals surface area contributed by atoms with Crippen molar-refractivity contribution in [1.29, 1.82) is 0 Å². The van der Waals surface area contributed by atoms with Crippen LogP contribution < -0.4 is 5.32 Å². The molecule has 5 heteroatoms. The third-order valence-electron chi connectivity index (χ3n) is 3.08. The van der Waals surface area contributed by atoms with Gasteiger partial charge in [-0.05, 0) is 30.7 Å². The Morgan fingerprint density at radius 3 is 2.65 bits per heavy atom. The van der Waals surface area contributed by atoms with Crippen LogP contribution in [0.1, 0.15) is 24.1 Å². The fourth-order valence-corrected chi connectivity index (χ4v) is 3.12. The molecule has 2 rings (SSSR count). The minimum absolute atomic E-state index is 0.0721. The van der Waals surface area contributed by atoms with Crippen molar-refractivity contribution in [2.24, 2.45) is 0 Å². The zero-order valence-electron chi connectivity index (χ0n) is 10.8. The molecule has 2 N–H and O–H groups in total. The zero-order chi connectivity index (χ0) is 14.7. The molecule has 0 aliphatic heterocycles. The maximum Gasteiger partial charge on any atom is 0.138 e. The number of nitrogens with one attached hydrogen (secondary N) is 1. The Balaban J connectivity index is 2.11. The summed E-state index contributed by atoms with van der Waals surface area (Å²) in [5.41, 5.74) is 1.83. The van der Waals surface area contributed by atoms with Crippen molar-refractivity contribution in [2.45, 2.75) is 19.5 Å². The van der Waals surface area contributed by atoms with Gasteiger partial charge in [0.2, 0.25) is 0 Å². The second kappa shape index (κ2) is 6.81. The van der Waals surface area contributed by atoms with Crippen molar-refractivity contribution in [3.05, 3.63) is 62.0 Å². The number of aromatic hydroxyl groups is 1. The van der Waals surface area contributed by atoms with Crippen LogP contribution in [0.4, 0.5) is 0 Å². The predicted octanol–water partition coefficient (Wildman–Crippen LogP) is 5.31. The molecule has 2 aromatic rings. The van der Waals surface area contributed by atoms with Crippen LogP contribution >= 0.6 is 39.1 Å². The van der Waals surface area contributed by atoms with E-state index in [1.54, 1.807) is 6.07 Å². The number of halogens is 3. The van der Waals surface area contributed by atoms with Crippen LogP contribution in [0.25, 0.3) is 0 Å². The molecular formula is C15H14BrCl2NO. The monoisotopic (exact) mass is 373 g/mol. The number of hydrogen-bond acceptors (Lipinski definition) is 2. The Morgan fingerprint density at radius 1 is 1.25 bits per heavy atom. The van der Waals surface area contributed by atoms with Gasteiger partial charge in [0.1, 0.15) is 5.75 Å². The number of hydrogen-bond donors (Lipinski definition) is 2. The Hall–Kier alpha value is -0.740. The highest BCUT2D eigenvalue weighted by Crippen LogP contribution is 2.31. The van der Waals surface area contributed by atoms with E-state index in [4.69, 9.17) is 23.2 Å². The Kier molecular flexibility index (Phi) is 5.33. The van der Waals surface area contributed by atoms with Gasteiger partial charge in [-0.15, -0.1) is 0 Å². The summed E-state index contributed by atoms with van der Waals surface area (Å²) in [4.78, 5) is 0. The first kappa shape index (κ1) is 15.6. The van der Waals surface area contributed by atoms with Crippen LogP contribution in [-0.2, 0) is 6.54 Å². The standard InChI is InChI=1S/C15H14BrCl2NO/c1-9(12-4-2-3-5-13(12)16)19-8-10-6-11(17)7-14(18)15(10)20/h2-7,9,19-20H,8H2,1H3/t9-/m0/s1. The fraction of sp³-hybridized carbons (Fsp3) is 0.200. The molecule has 0 radical (unpaired) electrons. The molecule has 0 spiro atoms. The van der Waals surface area contributed by atoms with Gasteiger partial charge in [-0.25, -0.2) is 0 Å². The summed E-state index contributed by atoms with van der Waals surface area (Å²) in [6, 6.07) is 11.4. The number of rotatable bonds is 4. The van der Waals surface area contributed by atoms with Crippen LogP contribution in [0, 0.1) is 0 Å². The van der Waals surface area contributed by atoms with E-state index in [0.717, 1.165) is 10.0 Å². The van der Waals surface area contributed by atoms with E-state index in [0.29, 0.717) is 17.1 Å². The highest BCUT2D eigenvalue weighted by atomic mass is 79.9. The lowest BCUT2D eigenvalue weighted by Crippen LogP contribution is -2.18. The second-order valence-electron chi connectivity index (χ2n) is 4.52. The van der Waals surface area contributed by atoms with E-state index in [2.05, 4.69) is 28.2 Å². The molecule has 0 saturated heterocycles. The van der Waals surface area contributed by atoms with E-state index in [1.165, 1.54) is 6.07 Å². The molecule has 0 aliphatic rings. The van der Waals surface area contributed by atoms with E-state index in [9.17, 15) is 5.11 Å². The van der Waals surface area contributed by atoms with Gasteiger partial charge in [0.05, 0.1) is 5.02 Å². The molecule has 20 heavy (non-hydrogen) atoms. The minimum Gasteiger partial charge on any atom is -0.506 e. The van der Waals surface area contributed by atoms with Crippen LogP contribution in [0.15, 0.2) is 40.9 Å². The zero-order valence-corrected chi connectivity index (χ0v) is 13.9. The van der Waals surface area contributed by atoms with Crippen molar-refractivity contribution in [3.63, 3.8) is 0 Å². The third-order valence-corrected chi connectivity index (χ3v) is 4.31. The van der Waals surface area contributed by atoms with Gasteiger partial charge in [0.15, 0.2) is 0 Å². The number of phenols is 1. The van der Waals surface area contributed by atoms with Crippen molar-refractivity contribution in [2.75, 3.05) is 0 Å². The first-order valence-corrected chi connectivity index (χ1v) is 7.68. The number of phenolic OH excluding ortho intramolecular Hbond substituents is 1. The van der Waals surface area contributed by atoms with E-state index in [-0.39, 0.29) is 16.8 Å². The van der Waals surface area contributed by atoms with Gasteiger partial charge >= 0.3 is 0 Å². The maximum atomic E-state index is 9.92. The van der Waals surface area contributed by atoms with Crippen LogP contribution in [-0.4, -0.2) is 5.11 Å². The summed E-state index contributed by atoms with van der Waals surface area (Å²) in [5.74, 6) is 0.0721. The second-order valence-corrected chi connectivity index (χ2v) is 6.22. The predicted molar refractivity (Wildman–Crippen MR) is 87.5 cm³/mol. The molecule has 0 aromatic heterocycles. The van der Waals surface area contributed by atoms with Crippen molar-refractivity contribution >= 4 is 39.1 Å². The maximum absolute atomic E-state index is 9.92. The molecular weight excluding hydrogens is 361 g/mol. The van der Waals surface area contributed by atoms with Gasteiger partial charge in [0.25, 0.3) is 0 Å². The van der Waals surface area contributed by atoms with Gasteiger partial charge in [-0.2, -0.15) is 0 Å². The minimum atomic E-state index is 0.0721. The van der Waals surface area contributed by atoms with Gasteiger partial charge < -0.3 is 10.4 Å². The summed E-state index contributed by atoms with van der Waals surface area (Å²) >= 11 is 15.4. The van der Waals surface area contributed by atoms with Crippen LogP contribution in [0.3, 0.4) is 0 Å². The molecule has 0 bridgehead atoms. The fourth-order valence-electron chi connectivity index (χ4n) is 1.95. The summed E-state index contributed by atoms with van der Waals surface area (Å²) in [6.07, 6.45) is 0. The highest BCUT2D eigenvalue weighted by molar-refractivity contribution is 9.10. The molecule has 1 atom stereocenters. The summed E-state index contributed by atoms with van der Waals surface area (Å²) in [7, 11) is 0. The molecule has 0 unspecified atom stereocenters. The van der Waals surface area contributed by atoms with Crippen molar-refractivity contribution in [3.8, 4) is 5.75 Å². The van der Waals surface area contributed by atoms with Gasteiger partial charge in [-0.3, -0.25) is 0 Å². The van der Waals surface area contributed by atoms with Gasteiger partial charge in [0, 0.05) is 27.6 Å². The lowest BCUT2D eigenvalue weighted by atomic mass is 10.1.